The van der Waals surface area contributed by atoms with Crippen LogP contribution in [0.4, 0.5) is 0 Å². The summed E-state index contributed by atoms with van der Waals surface area (Å²) in [4.78, 5) is 16.6. The minimum Gasteiger partial charge on any atom is -0.334 e. The smallest absolute Gasteiger partial charge is 0.222 e. The number of piperazine rings is 1. The van der Waals surface area contributed by atoms with Gasteiger partial charge in [-0.15, -0.1) is 0 Å². The molecule has 2 heterocycles. The van der Waals surface area contributed by atoms with Crippen LogP contribution < -0.4 is 0 Å². The van der Waals surface area contributed by atoms with E-state index in [0.29, 0.717) is 24.4 Å². The molecule has 2 saturated heterocycles. The molecule has 0 spiro atoms. The minimum absolute atomic E-state index is 0.317. The van der Waals surface area contributed by atoms with Crippen LogP contribution >= 0.6 is 0 Å². The Hall–Kier alpha value is -1.79. The number of hydrogen-bond acceptors (Lipinski definition) is 2. The van der Waals surface area contributed by atoms with E-state index >= 15 is 0 Å². The zero-order valence-corrected chi connectivity index (χ0v) is 12.6. The number of hydrogen-bond donors (Lipinski definition) is 0. The van der Waals surface area contributed by atoms with Gasteiger partial charge in [0.25, 0.3) is 0 Å². The molecule has 2 bridgehead atoms. The van der Waals surface area contributed by atoms with Crippen molar-refractivity contribution in [1.29, 1.82) is 0 Å². The molecule has 0 aliphatic carbocycles. The molecule has 3 heteroatoms. The summed E-state index contributed by atoms with van der Waals surface area (Å²) in [7, 11) is 0. The van der Waals surface area contributed by atoms with Gasteiger partial charge in [0, 0.05) is 37.2 Å². The summed E-state index contributed by atoms with van der Waals surface area (Å²) in [6.07, 6.45) is 2.93. The van der Waals surface area contributed by atoms with Crippen molar-refractivity contribution in [3.05, 3.63) is 35.9 Å². The Morgan fingerprint density at radius 1 is 1.19 bits per heavy atom. The van der Waals surface area contributed by atoms with Gasteiger partial charge in [0.05, 0.1) is 6.54 Å². The normalized spacial score (nSPS) is 24.5. The lowest BCUT2D eigenvalue weighted by Crippen LogP contribution is -2.55. The average Bonchev–Trinajstić information content (AvgIpc) is 2.78. The second-order valence-corrected chi connectivity index (χ2v) is 5.90. The van der Waals surface area contributed by atoms with E-state index in [9.17, 15) is 4.79 Å². The standard InChI is InChI=1S/C18H22N2O/c1-2-18(21)20-16-10-11-17(20)14-19(13-16)12-6-9-15-7-4-3-5-8-15/h3-5,7-8,16-17H,2,10-14H2,1H3/t16-,17-/m0/s1. The number of carbonyl (C=O) groups is 1. The summed E-state index contributed by atoms with van der Waals surface area (Å²) < 4.78 is 0. The van der Waals surface area contributed by atoms with Crippen LogP contribution in [0, 0.1) is 11.8 Å². The van der Waals surface area contributed by atoms with Gasteiger partial charge in [-0.1, -0.05) is 37.0 Å². The first kappa shape index (κ1) is 14.2. The van der Waals surface area contributed by atoms with Gasteiger partial charge >= 0.3 is 0 Å². The van der Waals surface area contributed by atoms with Crippen LogP contribution in [-0.2, 0) is 4.79 Å². The Balaban J connectivity index is 1.59. The summed E-state index contributed by atoms with van der Waals surface area (Å²) in [6.45, 7) is 4.72. The Kier molecular flexibility index (Phi) is 4.26. The van der Waals surface area contributed by atoms with Gasteiger partial charge in [-0.25, -0.2) is 0 Å². The van der Waals surface area contributed by atoms with Gasteiger partial charge in [-0.3, -0.25) is 9.69 Å². The SMILES string of the molecule is CCC(=O)N1[C@H]2CC[C@H]1CN(CC#Cc1ccccc1)C2. The highest BCUT2D eigenvalue weighted by Gasteiger charge is 2.41. The summed E-state index contributed by atoms with van der Waals surface area (Å²) >= 11 is 0. The molecule has 2 aliphatic heterocycles. The van der Waals surface area contributed by atoms with Crippen LogP contribution in [-0.4, -0.2) is 47.4 Å². The minimum atomic E-state index is 0.317. The number of benzene rings is 1. The molecule has 21 heavy (non-hydrogen) atoms. The van der Waals surface area contributed by atoms with Crippen LogP contribution in [0.5, 0.6) is 0 Å². The van der Waals surface area contributed by atoms with Gasteiger partial charge in [0.15, 0.2) is 0 Å². The van der Waals surface area contributed by atoms with E-state index in [-0.39, 0.29) is 0 Å². The Bertz CT molecular complexity index is 544. The second kappa shape index (κ2) is 6.32. The van der Waals surface area contributed by atoms with Crippen LogP contribution in [0.1, 0.15) is 31.7 Å². The van der Waals surface area contributed by atoms with Crippen LogP contribution in [0.15, 0.2) is 30.3 Å². The summed E-state index contributed by atoms with van der Waals surface area (Å²) in [6, 6.07) is 10.9. The molecule has 0 radical (unpaired) electrons. The fourth-order valence-electron chi connectivity index (χ4n) is 3.48. The quantitative estimate of drug-likeness (QED) is 0.776. The van der Waals surface area contributed by atoms with Crippen LogP contribution in [0.25, 0.3) is 0 Å². The number of fused-ring (bicyclic) bond motifs is 2. The Labute approximate surface area is 126 Å². The second-order valence-electron chi connectivity index (χ2n) is 5.90. The molecule has 2 fully saturated rings. The lowest BCUT2D eigenvalue weighted by atomic mass is 10.1. The average molecular weight is 282 g/mol. The van der Waals surface area contributed by atoms with Gasteiger partial charge in [-0.05, 0) is 25.0 Å². The lowest BCUT2D eigenvalue weighted by Gasteiger charge is -2.40. The van der Waals surface area contributed by atoms with Gasteiger partial charge < -0.3 is 4.90 Å². The van der Waals surface area contributed by atoms with Crippen molar-refractivity contribution in [2.45, 2.75) is 38.3 Å². The molecule has 0 N–H and O–H groups in total. The molecule has 3 nitrogen and oxygen atoms in total. The highest BCUT2D eigenvalue weighted by Crippen LogP contribution is 2.30. The molecule has 3 rings (SSSR count). The predicted molar refractivity (Wildman–Crippen MR) is 83.7 cm³/mol. The molecule has 110 valence electrons. The monoisotopic (exact) mass is 282 g/mol. The van der Waals surface area contributed by atoms with E-state index in [1.807, 2.05) is 37.3 Å². The largest absolute Gasteiger partial charge is 0.334 e. The van der Waals surface area contributed by atoms with Crippen molar-refractivity contribution < 1.29 is 4.79 Å². The van der Waals surface area contributed by atoms with Crippen molar-refractivity contribution in [2.24, 2.45) is 0 Å². The third kappa shape index (κ3) is 3.11. The van der Waals surface area contributed by atoms with E-state index in [0.717, 1.165) is 38.0 Å². The number of nitrogens with zero attached hydrogens (tertiary/aromatic N) is 2. The number of rotatable bonds is 2. The topological polar surface area (TPSA) is 23.6 Å². The molecule has 2 aliphatic rings. The summed E-state index contributed by atoms with van der Waals surface area (Å²) in [5.74, 6) is 6.80. The van der Waals surface area contributed by atoms with E-state index in [1.54, 1.807) is 0 Å². The van der Waals surface area contributed by atoms with Crippen molar-refractivity contribution >= 4 is 5.91 Å². The maximum Gasteiger partial charge on any atom is 0.222 e. The van der Waals surface area contributed by atoms with Crippen molar-refractivity contribution in [3.63, 3.8) is 0 Å². The highest BCUT2D eigenvalue weighted by molar-refractivity contribution is 5.77. The molecule has 0 saturated carbocycles. The molecule has 1 aromatic carbocycles. The van der Waals surface area contributed by atoms with Crippen molar-refractivity contribution in [1.82, 2.24) is 9.80 Å². The number of amides is 1. The molecular formula is C18H22N2O. The molecule has 1 amide bonds. The molecule has 0 unspecified atom stereocenters. The first-order chi connectivity index (χ1) is 10.3. The molecular weight excluding hydrogens is 260 g/mol. The van der Waals surface area contributed by atoms with E-state index in [2.05, 4.69) is 21.6 Å². The number of carbonyl (C=O) groups excluding carboxylic acids is 1. The van der Waals surface area contributed by atoms with Gasteiger partial charge in [0.2, 0.25) is 5.91 Å². The van der Waals surface area contributed by atoms with Gasteiger partial charge in [-0.2, -0.15) is 0 Å². The van der Waals surface area contributed by atoms with Crippen LogP contribution in [0.3, 0.4) is 0 Å². The molecule has 0 aromatic heterocycles. The maximum absolute atomic E-state index is 12.0. The maximum atomic E-state index is 12.0. The van der Waals surface area contributed by atoms with Crippen molar-refractivity contribution in [3.8, 4) is 11.8 Å². The summed E-state index contributed by atoms with van der Waals surface area (Å²) in [5, 5.41) is 0. The Morgan fingerprint density at radius 3 is 2.48 bits per heavy atom. The first-order valence-corrected chi connectivity index (χ1v) is 7.85. The zero-order valence-electron chi connectivity index (χ0n) is 12.6. The summed E-state index contributed by atoms with van der Waals surface area (Å²) in [5.41, 5.74) is 1.07. The van der Waals surface area contributed by atoms with Crippen molar-refractivity contribution in [2.75, 3.05) is 19.6 Å². The predicted octanol–water partition coefficient (Wildman–Crippen LogP) is 2.12. The fraction of sp³-hybridized carbons (Fsp3) is 0.500. The lowest BCUT2D eigenvalue weighted by molar-refractivity contribution is -0.136. The fourth-order valence-corrected chi connectivity index (χ4v) is 3.48. The third-order valence-corrected chi connectivity index (χ3v) is 4.46. The van der Waals surface area contributed by atoms with E-state index < -0.39 is 0 Å². The number of likely N-dealkylation sites (tertiary alicyclic amines) is 1. The Morgan fingerprint density at radius 2 is 1.86 bits per heavy atom. The van der Waals surface area contributed by atoms with Crippen LogP contribution in [0.2, 0.25) is 0 Å². The highest BCUT2D eigenvalue weighted by atomic mass is 16.2. The van der Waals surface area contributed by atoms with E-state index in [1.165, 1.54) is 0 Å². The van der Waals surface area contributed by atoms with Gasteiger partial charge in [0.1, 0.15) is 0 Å². The third-order valence-electron chi connectivity index (χ3n) is 4.46. The van der Waals surface area contributed by atoms with E-state index in [4.69, 9.17) is 0 Å². The first-order valence-electron chi connectivity index (χ1n) is 7.85. The zero-order chi connectivity index (χ0) is 14.7. The molecule has 1 aromatic rings. The molecule has 2 atom stereocenters.